The van der Waals surface area contributed by atoms with Crippen molar-refractivity contribution in [3.63, 3.8) is 0 Å². The van der Waals surface area contributed by atoms with Crippen LogP contribution in [0.25, 0.3) is 0 Å². The number of anilines is 2. The highest BCUT2D eigenvalue weighted by Gasteiger charge is 2.43. The summed E-state index contributed by atoms with van der Waals surface area (Å²) in [4.78, 5) is 3.70. The third kappa shape index (κ3) is 5.40. The number of rotatable bonds is 5. The zero-order chi connectivity index (χ0) is 23.9. The molecule has 4 aliphatic rings. The number of alkyl halides is 5. The Hall–Kier alpha value is -1.75. The van der Waals surface area contributed by atoms with Gasteiger partial charge >= 0.3 is 6.18 Å². The van der Waals surface area contributed by atoms with Gasteiger partial charge in [-0.25, -0.2) is 8.78 Å². The van der Waals surface area contributed by atoms with E-state index >= 15 is 0 Å². The number of likely N-dealkylation sites (tertiary alicyclic amines) is 1. The van der Waals surface area contributed by atoms with Crippen molar-refractivity contribution >= 4 is 11.6 Å². The van der Waals surface area contributed by atoms with Crippen molar-refractivity contribution in [2.75, 3.05) is 56.2 Å². The number of fused-ring (bicyclic) bond motifs is 1. The Morgan fingerprint density at radius 3 is 2.44 bits per heavy atom. The minimum atomic E-state index is -4.65. The molecule has 3 saturated heterocycles. The molecule has 0 aromatic carbocycles. The molecule has 1 N–H and O–H groups in total. The molecule has 1 aliphatic carbocycles. The minimum absolute atomic E-state index is 0.0965. The highest BCUT2D eigenvalue weighted by molar-refractivity contribution is 5.53. The van der Waals surface area contributed by atoms with Crippen molar-refractivity contribution in [2.45, 2.75) is 56.7 Å². The van der Waals surface area contributed by atoms with Crippen LogP contribution in [0, 0.1) is 17.8 Å². The molecule has 34 heavy (non-hydrogen) atoms. The van der Waals surface area contributed by atoms with Crippen molar-refractivity contribution in [2.24, 2.45) is 17.8 Å². The van der Waals surface area contributed by atoms with Gasteiger partial charge in [0, 0.05) is 51.9 Å². The quantitative estimate of drug-likeness (QED) is 0.624. The zero-order valence-corrected chi connectivity index (χ0v) is 19.2. The molecule has 3 aliphatic heterocycles. The zero-order valence-electron chi connectivity index (χ0n) is 19.2. The molecule has 5 rings (SSSR count). The van der Waals surface area contributed by atoms with Crippen LogP contribution in [0.5, 0.6) is 0 Å². The fourth-order valence-electron chi connectivity index (χ4n) is 6.17. The molecule has 0 bridgehead atoms. The predicted octanol–water partition coefficient (Wildman–Crippen LogP) is 4.28. The number of hydrogen-bond donors (Lipinski definition) is 1. The predicted molar refractivity (Wildman–Crippen MR) is 117 cm³/mol. The van der Waals surface area contributed by atoms with E-state index in [1.807, 2.05) is 0 Å². The number of hydrogen-bond acceptors (Lipinski definition) is 6. The Labute approximate surface area is 196 Å². The molecule has 0 spiro atoms. The van der Waals surface area contributed by atoms with E-state index in [4.69, 9.17) is 4.74 Å². The standard InChI is InChI=1S/C23H32F5N5O/c24-22(25)4-1-5-33(14-22)20-10-19(23(26,27)28)21(31-30-20)29-18-8-16-12-32(13-17(16)9-18)11-15-2-6-34-7-3-15/h10,15-18H,1-9,11-14H2,(H,29,31). The van der Waals surface area contributed by atoms with Crippen molar-refractivity contribution in [1.82, 2.24) is 15.1 Å². The molecule has 4 fully saturated rings. The maximum absolute atomic E-state index is 13.8. The molecule has 0 radical (unpaired) electrons. The third-order valence-electron chi connectivity index (χ3n) is 7.83. The molecular weight excluding hydrogens is 457 g/mol. The molecule has 2 atom stereocenters. The van der Waals surface area contributed by atoms with E-state index in [1.54, 1.807) is 0 Å². The Balaban J connectivity index is 1.22. The smallest absolute Gasteiger partial charge is 0.381 e. The van der Waals surface area contributed by atoms with Crippen LogP contribution in [-0.2, 0) is 10.9 Å². The van der Waals surface area contributed by atoms with Gasteiger partial charge < -0.3 is 19.9 Å². The molecular formula is C23H32F5N5O. The van der Waals surface area contributed by atoms with E-state index in [2.05, 4.69) is 20.4 Å². The van der Waals surface area contributed by atoms with Crippen LogP contribution in [0.4, 0.5) is 33.6 Å². The van der Waals surface area contributed by atoms with Gasteiger partial charge in [0.1, 0.15) is 5.56 Å². The molecule has 11 heteroatoms. The summed E-state index contributed by atoms with van der Waals surface area (Å²) < 4.78 is 74.5. The number of aromatic nitrogens is 2. The highest BCUT2D eigenvalue weighted by Crippen LogP contribution is 2.42. The maximum Gasteiger partial charge on any atom is 0.420 e. The van der Waals surface area contributed by atoms with Crippen LogP contribution in [0.1, 0.15) is 44.1 Å². The fraction of sp³-hybridized carbons (Fsp3) is 0.826. The Kier molecular flexibility index (Phi) is 6.60. The van der Waals surface area contributed by atoms with Crippen LogP contribution in [-0.4, -0.2) is 73.0 Å². The fourth-order valence-corrected chi connectivity index (χ4v) is 6.17. The third-order valence-corrected chi connectivity index (χ3v) is 7.83. The monoisotopic (exact) mass is 489 g/mol. The van der Waals surface area contributed by atoms with Crippen molar-refractivity contribution in [3.8, 4) is 0 Å². The summed E-state index contributed by atoms with van der Waals surface area (Å²) in [5.74, 6) is -1.78. The van der Waals surface area contributed by atoms with E-state index in [0.29, 0.717) is 17.8 Å². The maximum atomic E-state index is 13.8. The molecule has 2 unspecified atom stereocenters. The number of nitrogens with zero attached hydrogens (tertiary/aromatic N) is 4. The summed E-state index contributed by atoms with van der Waals surface area (Å²) in [5, 5.41) is 10.7. The Morgan fingerprint density at radius 2 is 1.79 bits per heavy atom. The lowest BCUT2D eigenvalue weighted by Gasteiger charge is -2.33. The van der Waals surface area contributed by atoms with Crippen LogP contribution in [0.15, 0.2) is 6.07 Å². The molecule has 6 nitrogen and oxygen atoms in total. The summed E-state index contributed by atoms with van der Waals surface area (Å²) >= 11 is 0. The van der Waals surface area contributed by atoms with Crippen molar-refractivity contribution in [3.05, 3.63) is 11.6 Å². The van der Waals surface area contributed by atoms with Gasteiger partial charge in [-0.05, 0) is 55.9 Å². The summed E-state index contributed by atoms with van der Waals surface area (Å²) in [6.07, 6.45) is -0.923. The normalized spacial score (nSPS) is 30.5. The SMILES string of the molecule is FC1(F)CCCN(c2cc(C(F)(F)F)c(NC3CC4CN(CC5CCOCC5)CC4C3)nn2)C1. The summed E-state index contributed by atoms with van der Waals surface area (Å²) in [5.41, 5.74) is -0.940. The summed E-state index contributed by atoms with van der Waals surface area (Å²) in [6, 6.07) is 0.767. The molecule has 190 valence electrons. The first-order valence-corrected chi connectivity index (χ1v) is 12.3. The van der Waals surface area contributed by atoms with Crippen LogP contribution in [0.3, 0.4) is 0 Å². The van der Waals surface area contributed by atoms with Gasteiger partial charge in [0.15, 0.2) is 11.6 Å². The van der Waals surface area contributed by atoms with E-state index < -0.39 is 24.2 Å². The number of ether oxygens (including phenoxy) is 1. The van der Waals surface area contributed by atoms with Gasteiger partial charge in [0.25, 0.3) is 5.92 Å². The van der Waals surface area contributed by atoms with Gasteiger partial charge in [-0.15, -0.1) is 10.2 Å². The number of piperidine rings is 1. The van der Waals surface area contributed by atoms with Gasteiger partial charge in [-0.2, -0.15) is 13.2 Å². The van der Waals surface area contributed by atoms with Gasteiger partial charge in [-0.1, -0.05) is 0 Å². The van der Waals surface area contributed by atoms with Gasteiger partial charge in [0.2, 0.25) is 0 Å². The van der Waals surface area contributed by atoms with E-state index in [1.165, 1.54) is 4.90 Å². The summed E-state index contributed by atoms with van der Waals surface area (Å²) in [7, 11) is 0. The van der Waals surface area contributed by atoms with Crippen LogP contribution < -0.4 is 10.2 Å². The van der Waals surface area contributed by atoms with E-state index in [0.717, 1.165) is 64.6 Å². The first-order valence-electron chi connectivity index (χ1n) is 12.3. The average molecular weight is 490 g/mol. The Morgan fingerprint density at radius 1 is 1.09 bits per heavy atom. The van der Waals surface area contributed by atoms with Gasteiger partial charge in [-0.3, -0.25) is 0 Å². The second kappa shape index (κ2) is 9.37. The van der Waals surface area contributed by atoms with Crippen LogP contribution in [0.2, 0.25) is 0 Å². The highest BCUT2D eigenvalue weighted by atomic mass is 19.4. The minimum Gasteiger partial charge on any atom is -0.381 e. The number of halogens is 5. The first kappa shape index (κ1) is 24.0. The molecule has 4 heterocycles. The first-order chi connectivity index (χ1) is 16.2. The van der Waals surface area contributed by atoms with Crippen molar-refractivity contribution < 1.29 is 26.7 Å². The largest absolute Gasteiger partial charge is 0.420 e. The summed E-state index contributed by atoms with van der Waals surface area (Å²) in [6.45, 7) is 4.32. The molecule has 1 aromatic heterocycles. The van der Waals surface area contributed by atoms with E-state index in [9.17, 15) is 22.0 Å². The Bertz CT molecular complexity index is 849. The molecule has 1 saturated carbocycles. The second-order valence-corrected chi connectivity index (χ2v) is 10.5. The van der Waals surface area contributed by atoms with Crippen molar-refractivity contribution in [1.29, 1.82) is 0 Å². The second-order valence-electron chi connectivity index (χ2n) is 10.5. The molecule has 1 aromatic rings. The lowest BCUT2D eigenvalue weighted by molar-refractivity contribution is -0.137. The number of nitrogens with one attached hydrogen (secondary N) is 1. The molecule has 0 amide bonds. The van der Waals surface area contributed by atoms with Gasteiger partial charge in [0.05, 0.1) is 6.54 Å². The average Bonchev–Trinajstić information content (AvgIpc) is 3.31. The lowest BCUT2D eigenvalue weighted by Crippen LogP contribution is -2.43. The lowest BCUT2D eigenvalue weighted by atomic mass is 10.00. The van der Waals surface area contributed by atoms with Crippen LogP contribution >= 0.6 is 0 Å². The topological polar surface area (TPSA) is 53.5 Å². The van der Waals surface area contributed by atoms with E-state index in [-0.39, 0.29) is 37.1 Å².